The van der Waals surface area contributed by atoms with Gasteiger partial charge in [-0.1, -0.05) is 22.0 Å². The fourth-order valence-electron chi connectivity index (χ4n) is 3.16. The Bertz CT molecular complexity index is 711. The molecule has 2 aliphatic rings. The largest absolute Gasteiger partial charge is 0.356 e. The first-order chi connectivity index (χ1) is 11.7. The zero-order valence-electron chi connectivity index (χ0n) is 13.2. The molecule has 126 valence electrons. The summed E-state index contributed by atoms with van der Waals surface area (Å²) in [4.78, 5) is 11.0. The zero-order chi connectivity index (χ0) is 16.4. The molecule has 0 unspecified atom stereocenters. The van der Waals surface area contributed by atoms with Crippen LogP contribution in [0.25, 0.3) is 0 Å². The summed E-state index contributed by atoms with van der Waals surface area (Å²) in [5.74, 6) is 1.35. The molecule has 1 aromatic carbocycles. The molecule has 0 radical (unpaired) electrons. The zero-order valence-corrected chi connectivity index (χ0v) is 14.8. The molecule has 1 spiro atoms. The molecule has 2 saturated heterocycles. The molecule has 0 atom stereocenters. The van der Waals surface area contributed by atoms with Crippen LogP contribution in [0, 0.1) is 0 Å². The van der Waals surface area contributed by atoms with E-state index in [0.717, 1.165) is 47.7 Å². The van der Waals surface area contributed by atoms with Gasteiger partial charge in [-0.2, -0.15) is 0 Å². The van der Waals surface area contributed by atoms with Crippen molar-refractivity contribution in [3.63, 3.8) is 0 Å². The van der Waals surface area contributed by atoms with Crippen molar-refractivity contribution in [1.82, 2.24) is 9.97 Å². The van der Waals surface area contributed by atoms with Crippen molar-refractivity contribution in [2.45, 2.75) is 18.6 Å². The number of nitrogens with zero attached hydrogens (tertiary/aromatic N) is 3. The number of hydrogen-bond acceptors (Lipinski definition) is 6. The van der Waals surface area contributed by atoms with Crippen molar-refractivity contribution in [1.29, 1.82) is 0 Å². The molecule has 24 heavy (non-hydrogen) atoms. The number of aromatic nitrogens is 2. The lowest BCUT2D eigenvalue weighted by Gasteiger charge is -2.38. The molecule has 0 saturated carbocycles. The fourth-order valence-corrected chi connectivity index (χ4v) is 3.56. The van der Waals surface area contributed by atoms with Gasteiger partial charge in [0, 0.05) is 42.2 Å². The Kier molecular flexibility index (Phi) is 4.39. The van der Waals surface area contributed by atoms with Crippen LogP contribution in [-0.4, -0.2) is 42.1 Å². The predicted octanol–water partition coefficient (Wildman–Crippen LogP) is 3.33. The Morgan fingerprint density at radius 2 is 1.88 bits per heavy atom. The molecule has 3 heterocycles. The van der Waals surface area contributed by atoms with Crippen molar-refractivity contribution in [2.24, 2.45) is 0 Å². The van der Waals surface area contributed by atoms with Gasteiger partial charge in [0.05, 0.1) is 13.2 Å². The van der Waals surface area contributed by atoms with E-state index in [-0.39, 0.29) is 5.79 Å². The molecule has 0 amide bonds. The summed E-state index contributed by atoms with van der Waals surface area (Å²) < 4.78 is 12.6. The average molecular weight is 391 g/mol. The van der Waals surface area contributed by atoms with Crippen LogP contribution in [0.4, 0.5) is 17.3 Å². The van der Waals surface area contributed by atoms with E-state index >= 15 is 0 Å². The topological polar surface area (TPSA) is 59.5 Å². The summed E-state index contributed by atoms with van der Waals surface area (Å²) in [6.45, 7) is 3.14. The van der Waals surface area contributed by atoms with Gasteiger partial charge >= 0.3 is 0 Å². The molecule has 6 nitrogen and oxygen atoms in total. The van der Waals surface area contributed by atoms with Gasteiger partial charge in [-0.3, -0.25) is 0 Å². The number of hydrogen-bond donors (Lipinski definition) is 1. The summed E-state index contributed by atoms with van der Waals surface area (Å²) in [6.07, 6.45) is 3.33. The highest BCUT2D eigenvalue weighted by Crippen LogP contribution is 2.33. The minimum Gasteiger partial charge on any atom is -0.356 e. The molecule has 2 aliphatic heterocycles. The highest BCUT2D eigenvalue weighted by atomic mass is 79.9. The third kappa shape index (κ3) is 3.38. The quantitative estimate of drug-likeness (QED) is 0.867. The van der Waals surface area contributed by atoms with Gasteiger partial charge in [0.2, 0.25) is 0 Å². The second-order valence-electron chi connectivity index (χ2n) is 5.99. The second-order valence-corrected chi connectivity index (χ2v) is 6.91. The maximum absolute atomic E-state index is 5.78. The van der Waals surface area contributed by atoms with Crippen LogP contribution in [0.2, 0.25) is 0 Å². The lowest BCUT2D eigenvalue weighted by Crippen LogP contribution is -2.45. The molecule has 1 N–H and O–H groups in total. The Labute approximate surface area is 149 Å². The predicted molar refractivity (Wildman–Crippen MR) is 95.5 cm³/mol. The average Bonchev–Trinajstić information content (AvgIpc) is 3.04. The van der Waals surface area contributed by atoms with Crippen LogP contribution in [0.3, 0.4) is 0 Å². The number of anilines is 3. The van der Waals surface area contributed by atoms with E-state index in [1.165, 1.54) is 0 Å². The van der Waals surface area contributed by atoms with E-state index in [1.807, 2.05) is 30.3 Å². The fraction of sp³-hybridized carbons (Fsp3) is 0.412. The number of piperidine rings is 1. The summed E-state index contributed by atoms with van der Waals surface area (Å²) in [7, 11) is 0. The molecular weight excluding hydrogens is 372 g/mol. The Morgan fingerprint density at radius 1 is 1.08 bits per heavy atom. The maximum atomic E-state index is 5.78. The van der Waals surface area contributed by atoms with Crippen molar-refractivity contribution in [3.8, 4) is 0 Å². The molecule has 1 aromatic heterocycles. The molecular formula is C17H19BrN4O2. The molecule has 2 fully saturated rings. The monoisotopic (exact) mass is 390 g/mol. The lowest BCUT2D eigenvalue weighted by atomic mass is 10.0. The van der Waals surface area contributed by atoms with Gasteiger partial charge < -0.3 is 19.7 Å². The molecule has 0 bridgehead atoms. The van der Waals surface area contributed by atoms with E-state index in [9.17, 15) is 0 Å². The number of nitrogens with one attached hydrogen (secondary N) is 1. The first-order valence-electron chi connectivity index (χ1n) is 8.10. The van der Waals surface area contributed by atoms with Crippen molar-refractivity contribution >= 4 is 33.3 Å². The number of ether oxygens (including phenoxy) is 2. The van der Waals surface area contributed by atoms with Crippen molar-refractivity contribution in [2.75, 3.05) is 36.5 Å². The summed E-state index contributed by atoms with van der Waals surface area (Å²) in [5, 5.41) is 3.32. The van der Waals surface area contributed by atoms with Crippen LogP contribution < -0.4 is 10.2 Å². The third-order valence-electron chi connectivity index (χ3n) is 4.41. The van der Waals surface area contributed by atoms with Gasteiger partial charge in [0.15, 0.2) is 5.79 Å². The summed E-state index contributed by atoms with van der Waals surface area (Å²) in [6, 6.07) is 9.98. The summed E-state index contributed by atoms with van der Waals surface area (Å²) >= 11 is 3.48. The normalized spacial score (nSPS) is 19.6. The Balaban J connectivity index is 1.45. The van der Waals surface area contributed by atoms with Crippen LogP contribution >= 0.6 is 15.9 Å². The number of halogens is 1. The Hall–Kier alpha value is -1.70. The molecule has 4 rings (SSSR count). The Morgan fingerprint density at radius 3 is 2.62 bits per heavy atom. The minimum absolute atomic E-state index is 0.360. The smallest absolute Gasteiger partial charge is 0.171 e. The SMILES string of the molecule is Brc1cccc(Nc2cc(N3CCC4(CC3)OCCO4)ncn2)c1. The van der Waals surface area contributed by atoms with Gasteiger partial charge in [0.1, 0.15) is 18.0 Å². The van der Waals surface area contributed by atoms with Crippen molar-refractivity contribution < 1.29 is 9.47 Å². The van der Waals surface area contributed by atoms with Crippen LogP contribution in [0.15, 0.2) is 41.1 Å². The van der Waals surface area contributed by atoms with E-state index in [2.05, 4.69) is 36.1 Å². The standard InChI is InChI=1S/C17H19BrN4O2/c18-13-2-1-3-14(10-13)21-15-11-16(20-12-19-15)22-6-4-17(5-7-22)23-8-9-24-17/h1-3,10-12H,4-9H2,(H,19,20,21). The van der Waals surface area contributed by atoms with Gasteiger partial charge in [0.25, 0.3) is 0 Å². The van der Waals surface area contributed by atoms with E-state index < -0.39 is 0 Å². The maximum Gasteiger partial charge on any atom is 0.171 e. The van der Waals surface area contributed by atoms with Crippen LogP contribution in [0.1, 0.15) is 12.8 Å². The van der Waals surface area contributed by atoms with E-state index in [1.54, 1.807) is 6.33 Å². The van der Waals surface area contributed by atoms with E-state index in [4.69, 9.17) is 9.47 Å². The first-order valence-corrected chi connectivity index (χ1v) is 8.89. The lowest BCUT2D eigenvalue weighted by molar-refractivity contribution is -0.169. The highest BCUT2D eigenvalue weighted by molar-refractivity contribution is 9.10. The minimum atomic E-state index is -0.360. The van der Waals surface area contributed by atoms with Crippen molar-refractivity contribution in [3.05, 3.63) is 41.1 Å². The number of rotatable bonds is 3. The van der Waals surface area contributed by atoms with Gasteiger partial charge in [-0.05, 0) is 18.2 Å². The van der Waals surface area contributed by atoms with Gasteiger partial charge in [-0.15, -0.1) is 0 Å². The number of benzene rings is 1. The highest BCUT2D eigenvalue weighted by Gasteiger charge is 2.40. The molecule has 2 aromatic rings. The third-order valence-corrected chi connectivity index (χ3v) is 4.91. The second kappa shape index (κ2) is 6.66. The van der Waals surface area contributed by atoms with Crippen LogP contribution in [0.5, 0.6) is 0 Å². The van der Waals surface area contributed by atoms with Crippen LogP contribution in [-0.2, 0) is 9.47 Å². The molecule has 0 aliphatic carbocycles. The first kappa shape index (κ1) is 15.8. The van der Waals surface area contributed by atoms with E-state index in [0.29, 0.717) is 13.2 Å². The molecule has 7 heteroatoms. The van der Waals surface area contributed by atoms with Gasteiger partial charge in [-0.25, -0.2) is 9.97 Å². The summed E-state index contributed by atoms with van der Waals surface area (Å²) in [5.41, 5.74) is 0.986.